The normalized spacial score (nSPS) is 12.4. The molecule has 0 saturated carbocycles. The number of carboxylic acid groups (broad SMARTS) is 1. The van der Waals surface area contributed by atoms with Gasteiger partial charge in [-0.25, -0.2) is 9.78 Å². The van der Waals surface area contributed by atoms with Gasteiger partial charge >= 0.3 is 5.97 Å². The number of fused-ring (bicyclic) bond motifs is 1. The van der Waals surface area contributed by atoms with Crippen molar-refractivity contribution in [2.45, 2.75) is 6.04 Å². The van der Waals surface area contributed by atoms with E-state index in [1.807, 2.05) is 17.5 Å². The molecule has 0 aliphatic carbocycles. The molecular formula is C13H12N4O2S. The number of aryl methyl sites for hydroxylation is 1. The highest BCUT2D eigenvalue weighted by Crippen LogP contribution is 2.28. The zero-order valence-corrected chi connectivity index (χ0v) is 11.5. The molecule has 6 nitrogen and oxygen atoms in total. The number of aromatic nitrogens is 3. The highest BCUT2D eigenvalue weighted by Gasteiger charge is 2.22. The molecule has 1 atom stereocenters. The zero-order valence-electron chi connectivity index (χ0n) is 10.6. The summed E-state index contributed by atoms with van der Waals surface area (Å²) >= 11 is 1.59. The third-order valence-electron chi connectivity index (χ3n) is 2.97. The van der Waals surface area contributed by atoms with Crippen LogP contribution in [0.3, 0.4) is 0 Å². The number of anilines is 1. The van der Waals surface area contributed by atoms with Gasteiger partial charge in [0.2, 0.25) is 0 Å². The van der Waals surface area contributed by atoms with Crippen molar-refractivity contribution in [1.29, 1.82) is 0 Å². The molecule has 2 N–H and O–H groups in total. The summed E-state index contributed by atoms with van der Waals surface area (Å²) in [6.07, 6.45) is 4.89. The van der Waals surface area contributed by atoms with E-state index in [4.69, 9.17) is 0 Å². The molecule has 3 heterocycles. The second kappa shape index (κ2) is 4.93. The van der Waals surface area contributed by atoms with Crippen LogP contribution >= 0.6 is 11.3 Å². The fraction of sp³-hybridized carbons (Fsp3) is 0.154. The maximum absolute atomic E-state index is 11.5. The van der Waals surface area contributed by atoms with Gasteiger partial charge < -0.3 is 10.4 Å². The van der Waals surface area contributed by atoms with Crippen molar-refractivity contribution in [1.82, 2.24) is 14.8 Å². The number of hydrogen-bond donors (Lipinski definition) is 2. The van der Waals surface area contributed by atoms with Crippen LogP contribution in [0.5, 0.6) is 0 Å². The summed E-state index contributed by atoms with van der Waals surface area (Å²) in [5.41, 5.74) is 0.592. The van der Waals surface area contributed by atoms with Crippen LogP contribution < -0.4 is 5.32 Å². The monoisotopic (exact) mass is 288 g/mol. The number of carboxylic acids is 1. The Balaban J connectivity index is 1.98. The second-order valence-electron chi connectivity index (χ2n) is 4.35. The van der Waals surface area contributed by atoms with E-state index in [1.165, 1.54) is 0 Å². The lowest BCUT2D eigenvalue weighted by atomic mass is 10.1. The van der Waals surface area contributed by atoms with Gasteiger partial charge in [-0.2, -0.15) is 5.10 Å². The smallest absolute Gasteiger partial charge is 0.330 e. The standard InChI is InChI=1S/C13H12N4O2S/c1-17-7-8(6-15-17)11(13(18)19)16-12-9-3-5-20-10(9)2-4-14-12/h2-7,11H,1H3,(H,14,16)(H,18,19). The SMILES string of the molecule is Cn1cc(C(Nc2nccc3sccc23)C(=O)O)cn1. The molecule has 0 aliphatic rings. The predicted octanol–water partition coefficient (Wildman–Crippen LogP) is 2.27. The Morgan fingerprint density at radius 3 is 3.05 bits per heavy atom. The zero-order chi connectivity index (χ0) is 14.1. The van der Waals surface area contributed by atoms with Gasteiger partial charge in [0.15, 0.2) is 6.04 Å². The number of hydrogen-bond acceptors (Lipinski definition) is 5. The van der Waals surface area contributed by atoms with Crippen molar-refractivity contribution in [3.05, 3.63) is 41.7 Å². The molecule has 1 unspecified atom stereocenters. The fourth-order valence-corrected chi connectivity index (χ4v) is 2.81. The highest BCUT2D eigenvalue weighted by atomic mass is 32.1. The fourth-order valence-electron chi connectivity index (χ4n) is 2.02. The molecule has 102 valence electrons. The van der Waals surface area contributed by atoms with E-state index in [0.717, 1.165) is 10.1 Å². The highest BCUT2D eigenvalue weighted by molar-refractivity contribution is 7.17. The van der Waals surface area contributed by atoms with Crippen molar-refractivity contribution < 1.29 is 9.90 Å². The lowest BCUT2D eigenvalue weighted by Gasteiger charge is -2.14. The van der Waals surface area contributed by atoms with Gasteiger partial charge in [-0.3, -0.25) is 4.68 Å². The third kappa shape index (κ3) is 2.23. The third-order valence-corrected chi connectivity index (χ3v) is 3.85. The molecule has 0 aromatic carbocycles. The molecule has 0 amide bonds. The van der Waals surface area contributed by atoms with Gasteiger partial charge in [-0.05, 0) is 17.5 Å². The largest absolute Gasteiger partial charge is 0.479 e. The Hall–Kier alpha value is -2.41. The van der Waals surface area contributed by atoms with Crippen molar-refractivity contribution in [3.63, 3.8) is 0 Å². The number of rotatable bonds is 4. The Morgan fingerprint density at radius 2 is 2.35 bits per heavy atom. The summed E-state index contributed by atoms with van der Waals surface area (Å²) in [6, 6.07) is 2.96. The number of aliphatic carboxylic acids is 1. The molecule has 0 spiro atoms. The summed E-state index contributed by atoms with van der Waals surface area (Å²) in [6.45, 7) is 0. The summed E-state index contributed by atoms with van der Waals surface area (Å²) in [5.74, 6) is -0.396. The van der Waals surface area contributed by atoms with Gasteiger partial charge in [-0.15, -0.1) is 11.3 Å². The molecule has 0 radical (unpaired) electrons. The number of nitrogens with zero attached hydrogens (tertiary/aromatic N) is 3. The molecule has 0 bridgehead atoms. The van der Waals surface area contributed by atoms with Crippen LogP contribution in [0.25, 0.3) is 10.1 Å². The van der Waals surface area contributed by atoms with Gasteiger partial charge in [0.1, 0.15) is 5.82 Å². The quantitative estimate of drug-likeness (QED) is 0.769. The van der Waals surface area contributed by atoms with Gasteiger partial charge in [0.25, 0.3) is 0 Å². The van der Waals surface area contributed by atoms with E-state index in [1.54, 1.807) is 41.7 Å². The molecule has 3 aromatic rings. The minimum absolute atomic E-state index is 0.569. The van der Waals surface area contributed by atoms with Crippen LogP contribution in [0, 0.1) is 0 Å². The Bertz CT molecular complexity index is 764. The molecule has 3 aromatic heterocycles. The molecule has 0 saturated heterocycles. The molecule has 0 aliphatic heterocycles. The number of thiophene rings is 1. The second-order valence-corrected chi connectivity index (χ2v) is 5.30. The summed E-state index contributed by atoms with van der Waals surface area (Å²) in [7, 11) is 1.75. The number of nitrogens with one attached hydrogen (secondary N) is 1. The molecule has 0 fully saturated rings. The van der Waals surface area contributed by atoms with E-state index < -0.39 is 12.0 Å². The van der Waals surface area contributed by atoms with Crippen LogP contribution in [0.2, 0.25) is 0 Å². The van der Waals surface area contributed by atoms with Crippen LogP contribution in [0.1, 0.15) is 11.6 Å². The van der Waals surface area contributed by atoms with Crippen molar-refractivity contribution in [2.75, 3.05) is 5.32 Å². The summed E-state index contributed by atoms with van der Waals surface area (Å²) < 4.78 is 2.64. The minimum atomic E-state index is -0.966. The van der Waals surface area contributed by atoms with Crippen LogP contribution in [-0.4, -0.2) is 25.8 Å². The first-order valence-electron chi connectivity index (χ1n) is 5.95. The van der Waals surface area contributed by atoms with Gasteiger partial charge in [0, 0.05) is 35.1 Å². The van der Waals surface area contributed by atoms with E-state index in [-0.39, 0.29) is 0 Å². The van der Waals surface area contributed by atoms with E-state index in [9.17, 15) is 9.90 Å². The van der Waals surface area contributed by atoms with Gasteiger partial charge in [-0.1, -0.05) is 0 Å². The van der Waals surface area contributed by atoms with Crippen LogP contribution in [0.4, 0.5) is 5.82 Å². The Labute approximate surface area is 118 Å². The van der Waals surface area contributed by atoms with Crippen LogP contribution in [-0.2, 0) is 11.8 Å². The van der Waals surface area contributed by atoms with Crippen molar-refractivity contribution in [3.8, 4) is 0 Å². The Morgan fingerprint density at radius 1 is 1.50 bits per heavy atom. The number of pyridine rings is 1. The van der Waals surface area contributed by atoms with Crippen LogP contribution in [0.15, 0.2) is 36.1 Å². The molecule has 20 heavy (non-hydrogen) atoms. The van der Waals surface area contributed by atoms with Crippen molar-refractivity contribution in [2.24, 2.45) is 7.05 Å². The van der Waals surface area contributed by atoms with Gasteiger partial charge in [0.05, 0.1) is 6.20 Å². The maximum atomic E-state index is 11.5. The first-order chi connectivity index (χ1) is 9.65. The lowest BCUT2D eigenvalue weighted by molar-refractivity contribution is -0.138. The first-order valence-corrected chi connectivity index (χ1v) is 6.83. The Kier molecular flexibility index (Phi) is 3.11. The predicted molar refractivity (Wildman–Crippen MR) is 76.8 cm³/mol. The molecule has 3 rings (SSSR count). The lowest BCUT2D eigenvalue weighted by Crippen LogP contribution is -2.20. The average molecular weight is 288 g/mol. The maximum Gasteiger partial charge on any atom is 0.330 e. The first kappa shape index (κ1) is 12.6. The topological polar surface area (TPSA) is 80.0 Å². The number of carbonyl (C=O) groups is 1. The van der Waals surface area contributed by atoms with E-state index in [0.29, 0.717) is 11.4 Å². The molecular weight excluding hydrogens is 276 g/mol. The summed E-state index contributed by atoms with van der Waals surface area (Å²) in [5, 5.41) is 19.3. The van der Waals surface area contributed by atoms with Crippen molar-refractivity contribution >= 4 is 33.2 Å². The van der Waals surface area contributed by atoms with E-state index in [2.05, 4.69) is 15.4 Å². The average Bonchev–Trinajstić information content (AvgIpc) is 3.04. The van der Waals surface area contributed by atoms with E-state index >= 15 is 0 Å². The summed E-state index contributed by atoms with van der Waals surface area (Å²) in [4.78, 5) is 15.7. The molecule has 7 heteroatoms. The minimum Gasteiger partial charge on any atom is -0.479 e.